The van der Waals surface area contributed by atoms with Gasteiger partial charge in [0.05, 0.1) is 19.1 Å². The second kappa shape index (κ2) is 11.3. The summed E-state index contributed by atoms with van der Waals surface area (Å²) in [4.78, 5) is 13.4. The zero-order valence-electron chi connectivity index (χ0n) is 12.6. The van der Waals surface area contributed by atoms with Gasteiger partial charge in [0, 0.05) is 26.2 Å². The van der Waals surface area contributed by atoms with Gasteiger partial charge in [-0.15, -0.1) is 12.4 Å². The zero-order chi connectivity index (χ0) is 14.1. The van der Waals surface area contributed by atoms with E-state index in [1.165, 1.54) is 0 Å². The van der Waals surface area contributed by atoms with Crippen molar-refractivity contribution in [3.05, 3.63) is 0 Å². The van der Waals surface area contributed by atoms with Crippen LogP contribution in [0.25, 0.3) is 0 Å². The predicted molar refractivity (Wildman–Crippen MR) is 82.3 cm³/mol. The molecule has 0 aromatic carbocycles. The van der Waals surface area contributed by atoms with Crippen LogP contribution in [0.1, 0.15) is 38.5 Å². The number of amides is 1. The van der Waals surface area contributed by atoms with Crippen LogP contribution in [-0.4, -0.2) is 61.9 Å². The fraction of sp³-hybridized carbons (Fsp3) is 0.929. The second-order valence-electron chi connectivity index (χ2n) is 5.28. The van der Waals surface area contributed by atoms with Gasteiger partial charge in [0.25, 0.3) is 0 Å². The normalized spacial score (nSPS) is 22.1. The lowest BCUT2D eigenvalue weighted by atomic mass is 9.93. The van der Waals surface area contributed by atoms with Crippen LogP contribution < -0.4 is 5.32 Å². The molecule has 1 saturated carbocycles. The Morgan fingerprint density at radius 1 is 1.35 bits per heavy atom. The average molecular weight is 309 g/mol. The van der Waals surface area contributed by atoms with E-state index in [0.717, 1.165) is 25.7 Å². The van der Waals surface area contributed by atoms with Crippen molar-refractivity contribution >= 4 is 18.3 Å². The van der Waals surface area contributed by atoms with Crippen molar-refractivity contribution in [3.8, 4) is 0 Å². The first-order valence-corrected chi connectivity index (χ1v) is 7.31. The zero-order valence-corrected chi connectivity index (χ0v) is 13.5. The van der Waals surface area contributed by atoms with Crippen molar-refractivity contribution < 1.29 is 14.6 Å². The van der Waals surface area contributed by atoms with Gasteiger partial charge in [-0.1, -0.05) is 0 Å². The van der Waals surface area contributed by atoms with E-state index < -0.39 is 0 Å². The molecule has 0 heterocycles. The number of ether oxygens (including phenoxy) is 1. The number of aliphatic hydroxyl groups is 1. The van der Waals surface area contributed by atoms with Gasteiger partial charge in [-0.05, 0) is 39.2 Å². The Kier molecular flexibility index (Phi) is 11.1. The molecule has 0 aromatic heterocycles. The minimum atomic E-state index is 0. The molecular formula is C14H29ClN2O3. The molecule has 1 amide bonds. The molecule has 0 aliphatic heterocycles. The van der Waals surface area contributed by atoms with Gasteiger partial charge in [-0.2, -0.15) is 0 Å². The van der Waals surface area contributed by atoms with E-state index in [-0.39, 0.29) is 24.9 Å². The number of carbonyl (C=O) groups is 1. The number of rotatable bonds is 8. The fourth-order valence-electron chi connectivity index (χ4n) is 2.45. The van der Waals surface area contributed by atoms with Crippen LogP contribution in [0.4, 0.5) is 0 Å². The number of nitrogens with zero attached hydrogens (tertiary/aromatic N) is 1. The molecular weight excluding hydrogens is 280 g/mol. The van der Waals surface area contributed by atoms with Crippen LogP contribution in [-0.2, 0) is 9.53 Å². The molecule has 0 saturated heterocycles. The summed E-state index contributed by atoms with van der Waals surface area (Å²) in [6.45, 7) is 1.25. The summed E-state index contributed by atoms with van der Waals surface area (Å²) in [7, 11) is 3.78. The van der Waals surface area contributed by atoms with Gasteiger partial charge in [0.1, 0.15) is 0 Å². The van der Waals surface area contributed by atoms with Crippen molar-refractivity contribution in [1.82, 2.24) is 10.2 Å². The van der Waals surface area contributed by atoms with Crippen LogP contribution >= 0.6 is 12.4 Å². The monoisotopic (exact) mass is 308 g/mol. The van der Waals surface area contributed by atoms with Crippen LogP contribution in [0, 0.1) is 0 Å². The highest BCUT2D eigenvalue weighted by molar-refractivity contribution is 5.85. The second-order valence-corrected chi connectivity index (χ2v) is 5.28. The molecule has 1 aliphatic carbocycles. The van der Waals surface area contributed by atoms with E-state index in [2.05, 4.69) is 5.32 Å². The number of hydrogen-bond acceptors (Lipinski definition) is 4. The molecule has 0 unspecified atom stereocenters. The van der Waals surface area contributed by atoms with Gasteiger partial charge in [-0.3, -0.25) is 4.79 Å². The quantitative estimate of drug-likeness (QED) is 0.707. The van der Waals surface area contributed by atoms with E-state index in [4.69, 9.17) is 9.84 Å². The summed E-state index contributed by atoms with van der Waals surface area (Å²) in [6, 6.07) is 0.631. The molecule has 0 bridgehead atoms. The number of carbonyl (C=O) groups excluding carboxylic acids is 1. The van der Waals surface area contributed by atoms with Crippen LogP contribution in [0.3, 0.4) is 0 Å². The maximum atomic E-state index is 11.7. The highest BCUT2D eigenvalue weighted by atomic mass is 35.5. The fourth-order valence-corrected chi connectivity index (χ4v) is 2.45. The summed E-state index contributed by atoms with van der Waals surface area (Å²) in [5.41, 5.74) is 0. The van der Waals surface area contributed by atoms with E-state index in [9.17, 15) is 4.79 Å². The minimum Gasteiger partial charge on any atom is -0.396 e. The van der Waals surface area contributed by atoms with Gasteiger partial charge in [0.15, 0.2) is 0 Å². The highest BCUT2D eigenvalue weighted by Crippen LogP contribution is 2.21. The van der Waals surface area contributed by atoms with Crippen molar-refractivity contribution in [3.63, 3.8) is 0 Å². The maximum absolute atomic E-state index is 11.7. The molecule has 1 rings (SSSR count). The first-order valence-electron chi connectivity index (χ1n) is 7.31. The Labute approximate surface area is 128 Å². The molecule has 6 heteroatoms. The molecule has 1 aliphatic rings. The lowest BCUT2D eigenvalue weighted by Crippen LogP contribution is -2.34. The van der Waals surface area contributed by atoms with Crippen molar-refractivity contribution in [2.45, 2.75) is 50.7 Å². The van der Waals surface area contributed by atoms with Gasteiger partial charge < -0.3 is 20.1 Å². The molecule has 1 fully saturated rings. The Morgan fingerprint density at radius 2 is 2.00 bits per heavy atom. The third kappa shape index (κ3) is 7.43. The third-order valence-corrected chi connectivity index (χ3v) is 3.83. The SMILES string of the molecule is CNC1CCC(OCCC(=O)N(C)CCCO)CC1.Cl. The molecule has 0 atom stereocenters. The van der Waals surface area contributed by atoms with E-state index in [1.54, 1.807) is 11.9 Å². The van der Waals surface area contributed by atoms with Gasteiger partial charge in [0.2, 0.25) is 5.91 Å². The van der Waals surface area contributed by atoms with E-state index in [1.807, 2.05) is 7.05 Å². The third-order valence-electron chi connectivity index (χ3n) is 3.83. The number of hydrogen-bond donors (Lipinski definition) is 2. The smallest absolute Gasteiger partial charge is 0.224 e. The van der Waals surface area contributed by atoms with Crippen molar-refractivity contribution in [2.75, 3.05) is 33.9 Å². The van der Waals surface area contributed by atoms with Gasteiger partial charge >= 0.3 is 0 Å². The topological polar surface area (TPSA) is 61.8 Å². The van der Waals surface area contributed by atoms with E-state index in [0.29, 0.717) is 38.1 Å². The maximum Gasteiger partial charge on any atom is 0.224 e. The van der Waals surface area contributed by atoms with Crippen LogP contribution in [0.15, 0.2) is 0 Å². The Balaban J connectivity index is 0.00000361. The van der Waals surface area contributed by atoms with Gasteiger partial charge in [-0.25, -0.2) is 0 Å². The summed E-state index contributed by atoms with van der Waals surface area (Å²) >= 11 is 0. The number of halogens is 1. The first-order chi connectivity index (χ1) is 9.17. The molecule has 5 nitrogen and oxygen atoms in total. The number of aliphatic hydroxyl groups excluding tert-OH is 1. The Hall–Kier alpha value is -0.360. The van der Waals surface area contributed by atoms with Crippen LogP contribution in [0.5, 0.6) is 0 Å². The lowest BCUT2D eigenvalue weighted by molar-refractivity contribution is -0.131. The molecule has 0 spiro atoms. The molecule has 0 aromatic rings. The highest BCUT2D eigenvalue weighted by Gasteiger charge is 2.20. The molecule has 120 valence electrons. The molecule has 0 radical (unpaired) electrons. The average Bonchev–Trinajstić information content (AvgIpc) is 2.45. The van der Waals surface area contributed by atoms with Crippen molar-refractivity contribution in [2.24, 2.45) is 0 Å². The predicted octanol–water partition coefficient (Wildman–Crippen LogP) is 1.19. The Morgan fingerprint density at radius 3 is 2.55 bits per heavy atom. The number of nitrogens with one attached hydrogen (secondary N) is 1. The standard InChI is InChI=1S/C14H28N2O3.ClH/c1-15-12-4-6-13(7-5-12)19-11-8-14(18)16(2)9-3-10-17;/h12-13,15,17H,3-11H2,1-2H3;1H. The summed E-state index contributed by atoms with van der Waals surface area (Å²) in [6.07, 6.45) is 5.88. The minimum absolute atomic E-state index is 0. The Bertz CT molecular complexity index is 259. The molecule has 2 N–H and O–H groups in total. The molecule has 20 heavy (non-hydrogen) atoms. The summed E-state index contributed by atoms with van der Waals surface area (Å²) in [5, 5.41) is 12.0. The van der Waals surface area contributed by atoms with E-state index >= 15 is 0 Å². The van der Waals surface area contributed by atoms with Crippen LogP contribution in [0.2, 0.25) is 0 Å². The summed E-state index contributed by atoms with van der Waals surface area (Å²) < 4.78 is 5.78. The first kappa shape index (κ1) is 19.6. The van der Waals surface area contributed by atoms with Crippen molar-refractivity contribution in [1.29, 1.82) is 0 Å². The largest absolute Gasteiger partial charge is 0.396 e. The lowest BCUT2D eigenvalue weighted by Gasteiger charge is -2.28. The summed E-state index contributed by atoms with van der Waals surface area (Å²) in [5.74, 6) is 0.0948.